The molecule has 0 saturated carbocycles. The number of carbonyl (C=O) groups is 2. The van der Waals surface area contributed by atoms with Crippen LogP contribution in [0.2, 0.25) is 0 Å². The summed E-state index contributed by atoms with van der Waals surface area (Å²) in [6, 6.07) is 11.2. The number of benzene rings is 2. The van der Waals surface area contributed by atoms with Gasteiger partial charge >= 0.3 is 11.9 Å². The standard InChI is InChI=1S/C21H24O5/c1-3-20(22)26-13-7-5-4-6-12-25-19-11-10-16-14-18(21(23)24-2)9-8-17(16)15-19/h3,8-11,14-15H,1,4-7,12-13H2,2H3. The molecule has 5 nitrogen and oxygen atoms in total. The van der Waals surface area contributed by atoms with Crippen LogP contribution in [0.5, 0.6) is 5.75 Å². The van der Waals surface area contributed by atoms with Gasteiger partial charge in [-0.2, -0.15) is 0 Å². The third-order valence-electron chi connectivity index (χ3n) is 3.95. The van der Waals surface area contributed by atoms with Crippen LogP contribution in [0.1, 0.15) is 36.0 Å². The molecule has 0 aliphatic rings. The van der Waals surface area contributed by atoms with Gasteiger partial charge in [0.1, 0.15) is 5.75 Å². The minimum atomic E-state index is -0.372. The SMILES string of the molecule is C=CC(=O)OCCCCCCOc1ccc2cc(C(=O)OC)ccc2c1. The van der Waals surface area contributed by atoms with E-state index < -0.39 is 0 Å². The van der Waals surface area contributed by atoms with E-state index in [0.717, 1.165) is 42.2 Å². The first-order valence-electron chi connectivity index (χ1n) is 8.68. The summed E-state index contributed by atoms with van der Waals surface area (Å²) in [5.74, 6) is 0.0954. The Hall–Kier alpha value is -2.82. The van der Waals surface area contributed by atoms with Gasteiger partial charge in [-0.05, 0) is 60.7 Å². The van der Waals surface area contributed by atoms with E-state index >= 15 is 0 Å². The predicted octanol–water partition coefficient (Wildman–Crippen LogP) is 4.29. The molecule has 0 aliphatic heterocycles. The summed E-state index contributed by atoms with van der Waals surface area (Å²) in [5.41, 5.74) is 0.535. The molecule has 0 heterocycles. The lowest BCUT2D eigenvalue weighted by Gasteiger charge is -2.08. The monoisotopic (exact) mass is 356 g/mol. The van der Waals surface area contributed by atoms with Crippen molar-refractivity contribution in [2.24, 2.45) is 0 Å². The number of hydrogen-bond donors (Lipinski definition) is 0. The van der Waals surface area contributed by atoms with E-state index in [4.69, 9.17) is 14.2 Å². The Kier molecular flexibility index (Phi) is 7.68. The lowest BCUT2D eigenvalue weighted by molar-refractivity contribution is -0.137. The van der Waals surface area contributed by atoms with Gasteiger partial charge in [0.2, 0.25) is 0 Å². The minimum Gasteiger partial charge on any atom is -0.494 e. The number of fused-ring (bicyclic) bond motifs is 1. The molecule has 2 rings (SSSR count). The van der Waals surface area contributed by atoms with Crippen molar-refractivity contribution in [3.8, 4) is 5.75 Å². The van der Waals surface area contributed by atoms with Crippen molar-refractivity contribution in [2.45, 2.75) is 25.7 Å². The number of carbonyl (C=O) groups excluding carboxylic acids is 2. The molecule has 0 fully saturated rings. The van der Waals surface area contributed by atoms with Crippen LogP contribution in [0.3, 0.4) is 0 Å². The highest BCUT2D eigenvalue weighted by molar-refractivity contribution is 5.95. The van der Waals surface area contributed by atoms with Crippen LogP contribution in [0.25, 0.3) is 10.8 Å². The second kappa shape index (κ2) is 10.2. The largest absolute Gasteiger partial charge is 0.494 e. The van der Waals surface area contributed by atoms with Gasteiger partial charge in [-0.3, -0.25) is 0 Å². The van der Waals surface area contributed by atoms with Gasteiger partial charge in [0.25, 0.3) is 0 Å². The molecule has 0 radical (unpaired) electrons. The van der Waals surface area contributed by atoms with E-state index in [1.165, 1.54) is 13.2 Å². The van der Waals surface area contributed by atoms with Gasteiger partial charge in [-0.25, -0.2) is 9.59 Å². The summed E-state index contributed by atoms with van der Waals surface area (Å²) in [5, 5.41) is 1.98. The molecule has 0 bridgehead atoms. The summed E-state index contributed by atoms with van der Waals surface area (Å²) in [7, 11) is 1.37. The Morgan fingerprint density at radius 1 is 0.962 bits per heavy atom. The van der Waals surface area contributed by atoms with Crippen LogP contribution in [0.15, 0.2) is 49.1 Å². The topological polar surface area (TPSA) is 61.8 Å². The van der Waals surface area contributed by atoms with Crippen molar-refractivity contribution in [3.63, 3.8) is 0 Å². The van der Waals surface area contributed by atoms with Crippen LogP contribution >= 0.6 is 0 Å². The molecule has 0 aromatic heterocycles. The molecule has 26 heavy (non-hydrogen) atoms. The molecule has 0 N–H and O–H groups in total. The fourth-order valence-electron chi connectivity index (χ4n) is 2.54. The summed E-state index contributed by atoms with van der Waals surface area (Å²) >= 11 is 0. The van der Waals surface area contributed by atoms with Crippen LogP contribution in [-0.4, -0.2) is 32.3 Å². The predicted molar refractivity (Wildman–Crippen MR) is 100 cm³/mol. The fourth-order valence-corrected chi connectivity index (χ4v) is 2.54. The van der Waals surface area contributed by atoms with E-state index in [2.05, 4.69) is 6.58 Å². The Morgan fingerprint density at radius 2 is 1.65 bits per heavy atom. The first-order chi connectivity index (χ1) is 12.6. The molecule has 0 atom stereocenters. The Morgan fingerprint density at radius 3 is 2.38 bits per heavy atom. The lowest BCUT2D eigenvalue weighted by Crippen LogP contribution is -2.02. The molecule has 0 spiro atoms. The highest BCUT2D eigenvalue weighted by Gasteiger charge is 2.06. The summed E-state index contributed by atoms with van der Waals surface area (Å²) < 4.78 is 15.4. The van der Waals surface area contributed by atoms with Crippen LogP contribution < -0.4 is 4.74 Å². The zero-order chi connectivity index (χ0) is 18.8. The van der Waals surface area contributed by atoms with Gasteiger partial charge in [0.15, 0.2) is 0 Å². The van der Waals surface area contributed by atoms with E-state index in [-0.39, 0.29) is 11.9 Å². The lowest BCUT2D eigenvalue weighted by atomic mass is 10.1. The third kappa shape index (κ3) is 5.92. The van der Waals surface area contributed by atoms with Crippen molar-refractivity contribution in [2.75, 3.05) is 20.3 Å². The quantitative estimate of drug-likeness (QED) is 0.361. The van der Waals surface area contributed by atoms with Gasteiger partial charge < -0.3 is 14.2 Å². The molecular formula is C21H24O5. The smallest absolute Gasteiger partial charge is 0.337 e. The highest BCUT2D eigenvalue weighted by Crippen LogP contribution is 2.22. The van der Waals surface area contributed by atoms with Crippen LogP contribution in [0, 0.1) is 0 Å². The van der Waals surface area contributed by atoms with E-state index in [1.54, 1.807) is 6.07 Å². The van der Waals surface area contributed by atoms with Crippen molar-refractivity contribution in [1.82, 2.24) is 0 Å². The molecule has 0 amide bonds. The van der Waals surface area contributed by atoms with E-state index in [0.29, 0.717) is 18.8 Å². The Bertz CT molecular complexity index is 766. The number of esters is 2. The average molecular weight is 356 g/mol. The molecule has 2 aromatic carbocycles. The molecule has 138 valence electrons. The van der Waals surface area contributed by atoms with Crippen molar-refractivity contribution in [3.05, 3.63) is 54.6 Å². The highest BCUT2D eigenvalue weighted by atomic mass is 16.5. The molecular weight excluding hydrogens is 332 g/mol. The van der Waals surface area contributed by atoms with Gasteiger partial charge in [0, 0.05) is 6.08 Å². The Labute approximate surface area is 153 Å². The minimum absolute atomic E-state index is 0.341. The number of unbranched alkanes of at least 4 members (excludes halogenated alkanes) is 3. The fraction of sp³-hybridized carbons (Fsp3) is 0.333. The van der Waals surface area contributed by atoms with Crippen LogP contribution in [-0.2, 0) is 14.3 Å². The number of methoxy groups -OCH3 is 1. The Balaban J connectivity index is 1.73. The number of hydrogen-bond acceptors (Lipinski definition) is 5. The molecule has 5 heteroatoms. The third-order valence-corrected chi connectivity index (χ3v) is 3.95. The first kappa shape index (κ1) is 19.5. The van der Waals surface area contributed by atoms with Crippen molar-refractivity contribution < 1.29 is 23.8 Å². The zero-order valence-corrected chi connectivity index (χ0v) is 15.0. The van der Waals surface area contributed by atoms with Crippen molar-refractivity contribution in [1.29, 1.82) is 0 Å². The maximum atomic E-state index is 11.6. The van der Waals surface area contributed by atoms with E-state index in [9.17, 15) is 9.59 Å². The maximum Gasteiger partial charge on any atom is 0.337 e. The van der Waals surface area contributed by atoms with E-state index in [1.807, 2.05) is 30.3 Å². The van der Waals surface area contributed by atoms with Gasteiger partial charge in [-0.15, -0.1) is 0 Å². The zero-order valence-electron chi connectivity index (χ0n) is 15.0. The van der Waals surface area contributed by atoms with Gasteiger partial charge in [-0.1, -0.05) is 18.7 Å². The second-order valence-electron chi connectivity index (χ2n) is 5.85. The average Bonchev–Trinajstić information content (AvgIpc) is 2.68. The van der Waals surface area contributed by atoms with Crippen LogP contribution in [0.4, 0.5) is 0 Å². The molecule has 0 saturated heterocycles. The molecule has 0 aliphatic carbocycles. The number of rotatable bonds is 10. The van der Waals surface area contributed by atoms with Crippen molar-refractivity contribution >= 4 is 22.7 Å². The summed E-state index contributed by atoms with van der Waals surface area (Å²) in [6.45, 7) is 4.42. The molecule has 2 aromatic rings. The summed E-state index contributed by atoms with van der Waals surface area (Å²) in [4.78, 5) is 22.4. The molecule has 0 unspecified atom stereocenters. The number of ether oxygens (including phenoxy) is 3. The second-order valence-corrected chi connectivity index (χ2v) is 5.85. The van der Waals surface area contributed by atoms with Gasteiger partial charge in [0.05, 0.1) is 25.9 Å². The first-order valence-corrected chi connectivity index (χ1v) is 8.68. The maximum absolute atomic E-state index is 11.6. The normalized spacial score (nSPS) is 10.3. The summed E-state index contributed by atoms with van der Waals surface area (Å²) in [6.07, 6.45) is 4.96.